The molecule has 21 heavy (non-hydrogen) atoms. The Morgan fingerprint density at radius 1 is 1.19 bits per heavy atom. The van der Waals surface area contributed by atoms with Crippen molar-refractivity contribution in [3.63, 3.8) is 0 Å². The lowest BCUT2D eigenvalue weighted by Gasteiger charge is -2.06. The van der Waals surface area contributed by atoms with Gasteiger partial charge in [-0.3, -0.25) is 0 Å². The first-order chi connectivity index (χ1) is 9.86. The molecule has 3 rings (SSSR count). The minimum Gasteiger partial charge on any atom is -0.227 e. The predicted octanol–water partition coefficient (Wildman–Crippen LogP) is 3.72. The van der Waals surface area contributed by atoms with Crippen LogP contribution in [0.2, 0.25) is 5.15 Å². The van der Waals surface area contributed by atoms with Crippen LogP contribution in [0.5, 0.6) is 0 Å². The van der Waals surface area contributed by atoms with Crippen molar-refractivity contribution in [1.29, 1.82) is 0 Å². The van der Waals surface area contributed by atoms with Crippen LogP contribution in [0.1, 0.15) is 5.56 Å². The predicted molar refractivity (Wildman–Crippen MR) is 85.7 cm³/mol. The van der Waals surface area contributed by atoms with Crippen molar-refractivity contribution in [3.05, 3.63) is 40.4 Å². The summed E-state index contributed by atoms with van der Waals surface area (Å²) in [5.41, 5.74) is 1.72. The number of sulfone groups is 1. The Morgan fingerprint density at radius 3 is 2.57 bits per heavy atom. The Kier molecular flexibility index (Phi) is 3.47. The van der Waals surface area contributed by atoms with Crippen LogP contribution in [0.3, 0.4) is 0 Å². The SMILES string of the molecule is Cc1ccsc1-c1nc(Cl)c2cc(S(C)(=O)=O)ccc2n1. The van der Waals surface area contributed by atoms with Gasteiger partial charge in [-0.2, -0.15) is 0 Å². The summed E-state index contributed by atoms with van der Waals surface area (Å²) in [6, 6.07) is 6.70. The molecule has 0 bridgehead atoms. The van der Waals surface area contributed by atoms with E-state index in [0.717, 1.165) is 16.7 Å². The maximum atomic E-state index is 11.6. The Hall–Kier alpha value is -1.50. The highest BCUT2D eigenvalue weighted by Gasteiger charge is 2.14. The van der Waals surface area contributed by atoms with E-state index in [0.29, 0.717) is 16.7 Å². The topological polar surface area (TPSA) is 59.9 Å². The molecule has 0 unspecified atom stereocenters. The zero-order chi connectivity index (χ0) is 15.2. The molecule has 0 N–H and O–H groups in total. The van der Waals surface area contributed by atoms with Gasteiger partial charge < -0.3 is 0 Å². The largest absolute Gasteiger partial charge is 0.227 e. The number of thiophene rings is 1. The number of halogens is 1. The molecule has 7 heteroatoms. The molecule has 0 aliphatic rings. The third-order valence-corrected chi connectivity index (χ3v) is 5.52. The highest BCUT2D eigenvalue weighted by atomic mass is 35.5. The summed E-state index contributed by atoms with van der Waals surface area (Å²) < 4.78 is 23.2. The minimum atomic E-state index is -3.28. The van der Waals surface area contributed by atoms with Crippen LogP contribution in [-0.4, -0.2) is 24.6 Å². The molecule has 0 saturated heterocycles. The maximum absolute atomic E-state index is 11.6. The van der Waals surface area contributed by atoms with Gasteiger partial charge in [0.2, 0.25) is 0 Å². The normalized spacial score (nSPS) is 12.0. The summed E-state index contributed by atoms with van der Waals surface area (Å²) in [5.74, 6) is 0.562. The van der Waals surface area contributed by atoms with E-state index < -0.39 is 9.84 Å². The lowest BCUT2D eigenvalue weighted by atomic mass is 10.2. The Balaban J connectivity index is 2.25. The van der Waals surface area contributed by atoms with Crippen molar-refractivity contribution < 1.29 is 8.42 Å². The first-order valence-electron chi connectivity index (χ1n) is 6.08. The summed E-state index contributed by atoms with van der Waals surface area (Å²) in [4.78, 5) is 9.95. The molecule has 108 valence electrons. The lowest BCUT2D eigenvalue weighted by molar-refractivity contribution is 0.602. The average molecular weight is 339 g/mol. The second-order valence-corrected chi connectivity index (χ2v) is 8.01. The van der Waals surface area contributed by atoms with Gasteiger partial charge >= 0.3 is 0 Å². The van der Waals surface area contributed by atoms with Crippen molar-refractivity contribution in [2.45, 2.75) is 11.8 Å². The fraction of sp³-hybridized carbons (Fsp3) is 0.143. The Labute approximate surface area is 131 Å². The van der Waals surface area contributed by atoms with E-state index in [1.807, 2.05) is 18.4 Å². The second kappa shape index (κ2) is 5.05. The zero-order valence-corrected chi connectivity index (χ0v) is 13.7. The van der Waals surface area contributed by atoms with Crippen molar-refractivity contribution in [3.8, 4) is 10.7 Å². The lowest BCUT2D eigenvalue weighted by Crippen LogP contribution is -1.98. The van der Waals surface area contributed by atoms with Crippen LogP contribution in [0, 0.1) is 6.92 Å². The van der Waals surface area contributed by atoms with E-state index in [2.05, 4.69) is 9.97 Å². The van der Waals surface area contributed by atoms with E-state index in [1.165, 1.54) is 12.1 Å². The van der Waals surface area contributed by atoms with Crippen molar-refractivity contribution in [1.82, 2.24) is 9.97 Å². The van der Waals surface area contributed by atoms with Gasteiger partial charge in [-0.25, -0.2) is 18.4 Å². The summed E-state index contributed by atoms with van der Waals surface area (Å²) >= 11 is 7.76. The Bertz CT molecular complexity index is 949. The standard InChI is InChI=1S/C14H11ClN2O2S2/c1-8-5-6-20-12(8)14-16-11-4-3-9(21(2,18)19)7-10(11)13(15)17-14/h3-7H,1-2H3. The molecule has 0 radical (unpaired) electrons. The van der Waals surface area contributed by atoms with E-state index in [4.69, 9.17) is 11.6 Å². The minimum absolute atomic E-state index is 0.209. The molecule has 0 aliphatic heterocycles. The number of hydrogen-bond donors (Lipinski definition) is 0. The van der Waals surface area contributed by atoms with Gasteiger partial charge in [0.25, 0.3) is 0 Å². The molecule has 4 nitrogen and oxygen atoms in total. The van der Waals surface area contributed by atoms with Gasteiger partial charge in [0.05, 0.1) is 15.3 Å². The summed E-state index contributed by atoms with van der Waals surface area (Å²) in [5, 5.41) is 2.77. The van der Waals surface area contributed by atoms with E-state index in [1.54, 1.807) is 17.4 Å². The van der Waals surface area contributed by atoms with Crippen molar-refractivity contribution in [2.24, 2.45) is 0 Å². The monoisotopic (exact) mass is 338 g/mol. The molecule has 0 atom stereocenters. The van der Waals surface area contributed by atoms with Gasteiger partial charge in [-0.05, 0) is 42.1 Å². The number of aryl methyl sites for hydroxylation is 1. The first kappa shape index (κ1) is 14.4. The number of nitrogens with zero attached hydrogens (tertiary/aromatic N) is 2. The zero-order valence-electron chi connectivity index (χ0n) is 11.3. The quantitative estimate of drug-likeness (QED) is 0.668. The molecule has 0 aliphatic carbocycles. The van der Waals surface area contributed by atoms with Gasteiger partial charge in [-0.1, -0.05) is 11.6 Å². The van der Waals surface area contributed by atoms with E-state index >= 15 is 0 Å². The maximum Gasteiger partial charge on any atom is 0.175 e. The van der Waals surface area contributed by atoms with Crippen LogP contribution < -0.4 is 0 Å². The second-order valence-electron chi connectivity index (χ2n) is 4.72. The van der Waals surface area contributed by atoms with Crippen LogP contribution in [0.25, 0.3) is 21.6 Å². The molecule has 0 amide bonds. The van der Waals surface area contributed by atoms with Gasteiger partial charge in [-0.15, -0.1) is 11.3 Å². The molecule has 1 aromatic carbocycles. The summed E-state index contributed by atoms with van der Waals surface area (Å²) in [6.45, 7) is 1.99. The summed E-state index contributed by atoms with van der Waals surface area (Å²) in [7, 11) is -3.28. The molecule has 2 aromatic heterocycles. The van der Waals surface area contributed by atoms with Crippen LogP contribution >= 0.6 is 22.9 Å². The number of fused-ring (bicyclic) bond motifs is 1. The fourth-order valence-corrected chi connectivity index (χ4v) is 3.74. The molecular formula is C14H11ClN2O2S2. The molecule has 0 spiro atoms. The third kappa shape index (κ3) is 2.66. The fourth-order valence-electron chi connectivity index (χ4n) is 2.00. The smallest absolute Gasteiger partial charge is 0.175 e. The average Bonchev–Trinajstić information content (AvgIpc) is 2.83. The number of rotatable bonds is 2. The van der Waals surface area contributed by atoms with E-state index in [9.17, 15) is 8.42 Å². The molecule has 0 saturated carbocycles. The molecule has 3 aromatic rings. The van der Waals surface area contributed by atoms with Crippen LogP contribution in [0.4, 0.5) is 0 Å². The van der Waals surface area contributed by atoms with Crippen molar-refractivity contribution >= 4 is 43.7 Å². The van der Waals surface area contributed by atoms with E-state index in [-0.39, 0.29) is 10.0 Å². The molecular weight excluding hydrogens is 328 g/mol. The van der Waals surface area contributed by atoms with Crippen LogP contribution in [-0.2, 0) is 9.84 Å². The third-order valence-electron chi connectivity index (χ3n) is 3.11. The van der Waals surface area contributed by atoms with Gasteiger partial charge in [0.15, 0.2) is 15.7 Å². The number of hydrogen-bond acceptors (Lipinski definition) is 5. The van der Waals surface area contributed by atoms with Gasteiger partial charge in [0, 0.05) is 11.6 Å². The molecule has 0 fully saturated rings. The van der Waals surface area contributed by atoms with Crippen LogP contribution in [0.15, 0.2) is 34.5 Å². The highest BCUT2D eigenvalue weighted by molar-refractivity contribution is 7.90. The Morgan fingerprint density at radius 2 is 1.95 bits per heavy atom. The van der Waals surface area contributed by atoms with Gasteiger partial charge in [0.1, 0.15) is 5.15 Å². The first-order valence-corrected chi connectivity index (χ1v) is 9.23. The van der Waals surface area contributed by atoms with Crippen molar-refractivity contribution in [2.75, 3.05) is 6.26 Å². The highest BCUT2D eigenvalue weighted by Crippen LogP contribution is 2.30. The number of aromatic nitrogens is 2. The summed E-state index contributed by atoms with van der Waals surface area (Å²) in [6.07, 6.45) is 1.16. The molecule has 2 heterocycles. The number of benzene rings is 1.